The third-order valence-electron chi connectivity index (χ3n) is 2.77. The Hall–Kier alpha value is -0.280. The van der Waals surface area contributed by atoms with Crippen molar-refractivity contribution in [2.24, 2.45) is 0 Å². The van der Waals surface area contributed by atoms with Crippen LogP contribution in [0.25, 0.3) is 0 Å². The van der Waals surface area contributed by atoms with E-state index in [1.54, 1.807) is 11.8 Å². The van der Waals surface area contributed by atoms with Crippen molar-refractivity contribution in [3.8, 4) is 0 Å². The average Bonchev–Trinajstić information content (AvgIpc) is 2.31. The monoisotopic (exact) mass is 263 g/mol. The smallest absolute Gasteiger partial charge is 0.240 e. The van der Waals surface area contributed by atoms with Crippen molar-refractivity contribution in [1.82, 2.24) is 4.90 Å². The zero-order chi connectivity index (χ0) is 13.1. The fourth-order valence-corrected chi connectivity index (χ4v) is 1.89. The van der Waals surface area contributed by atoms with Crippen LogP contribution in [0.15, 0.2) is 0 Å². The first kappa shape index (κ1) is 16.7. The molecule has 17 heavy (non-hydrogen) atoms. The lowest BCUT2D eigenvalue weighted by Gasteiger charge is -2.23. The van der Waals surface area contributed by atoms with Crippen LogP contribution >= 0.6 is 11.6 Å². The van der Waals surface area contributed by atoms with Gasteiger partial charge in [-0.1, -0.05) is 32.6 Å². The lowest BCUT2D eigenvalue weighted by molar-refractivity contribution is -0.130. The molecule has 0 saturated carbocycles. The maximum Gasteiger partial charge on any atom is 0.240 e. The number of halogens is 1. The molecule has 3 nitrogen and oxygen atoms in total. The highest BCUT2D eigenvalue weighted by Crippen LogP contribution is 2.07. The van der Waals surface area contributed by atoms with Gasteiger partial charge in [0.25, 0.3) is 0 Å². The molecule has 102 valence electrons. The molecule has 0 aliphatic heterocycles. The predicted octanol–water partition coefficient (Wildman–Crippen LogP) is 2.80. The lowest BCUT2D eigenvalue weighted by atomic mass is 10.1. The molecule has 0 aromatic rings. The molecule has 0 bridgehead atoms. The minimum Gasteiger partial charge on any atom is -0.396 e. The van der Waals surface area contributed by atoms with E-state index in [1.807, 2.05) is 0 Å². The fraction of sp³-hybridized carbons (Fsp3) is 0.923. The van der Waals surface area contributed by atoms with Gasteiger partial charge in [0, 0.05) is 19.7 Å². The Kier molecular flexibility index (Phi) is 10.7. The Morgan fingerprint density at radius 3 is 2.29 bits per heavy atom. The molecule has 0 heterocycles. The largest absolute Gasteiger partial charge is 0.396 e. The molecular weight excluding hydrogens is 238 g/mol. The fourth-order valence-electron chi connectivity index (χ4n) is 1.75. The third-order valence-corrected chi connectivity index (χ3v) is 2.96. The van der Waals surface area contributed by atoms with Gasteiger partial charge in [0.15, 0.2) is 0 Å². The first-order valence-electron chi connectivity index (χ1n) is 6.67. The number of carbonyl (C=O) groups excluding carboxylic acids is 1. The SMILES string of the molecule is CCCCCCCN(CCCO)C(=O)C(C)Cl. The molecule has 4 heteroatoms. The summed E-state index contributed by atoms with van der Waals surface area (Å²) in [5.41, 5.74) is 0. The molecule has 0 spiro atoms. The number of aliphatic hydroxyl groups excluding tert-OH is 1. The van der Waals surface area contributed by atoms with Crippen LogP contribution in [0.2, 0.25) is 0 Å². The number of amides is 1. The van der Waals surface area contributed by atoms with Crippen molar-refractivity contribution < 1.29 is 9.90 Å². The molecule has 0 aromatic heterocycles. The number of hydrogen-bond donors (Lipinski definition) is 1. The van der Waals surface area contributed by atoms with Crippen molar-refractivity contribution in [1.29, 1.82) is 0 Å². The van der Waals surface area contributed by atoms with Crippen LogP contribution in [-0.2, 0) is 4.79 Å². The Bertz CT molecular complexity index is 198. The van der Waals surface area contributed by atoms with Gasteiger partial charge in [-0.3, -0.25) is 4.79 Å². The number of aliphatic hydroxyl groups is 1. The van der Waals surface area contributed by atoms with Gasteiger partial charge in [-0.05, 0) is 19.8 Å². The summed E-state index contributed by atoms with van der Waals surface area (Å²) < 4.78 is 0. The standard InChI is InChI=1S/C13H26ClNO2/c1-3-4-5-6-7-9-15(10-8-11-16)13(17)12(2)14/h12,16H,3-11H2,1-2H3. The van der Waals surface area contributed by atoms with Crippen molar-refractivity contribution in [2.45, 2.75) is 57.7 Å². The molecule has 0 aliphatic carbocycles. The van der Waals surface area contributed by atoms with Gasteiger partial charge in [-0.25, -0.2) is 0 Å². The van der Waals surface area contributed by atoms with Crippen LogP contribution in [0.3, 0.4) is 0 Å². The van der Waals surface area contributed by atoms with Gasteiger partial charge >= 0.3 is 0 Å². The van der Waals surface area contributed by atoms with E-state index < -0.39 is 5.38 Å². The van der Waals surface area contributed by atoms with E-state index in [2.05, 4.69) is 6.92 Å². The molecular formula is C13H26ClNO2. The number of alkyl halides is 1. The Morgan fingerprint density at radius 2 is 1.76 bits per heavy atom. The van der Waals surface area contributed by atoms with E-state index in [-0.39, 0.29) is 12.5 Å². The summed E-state index contributed by atoms with van der Waals surface area (Å²) in [6, 6.07) is 0. The molecule has 0 saturated heterocycles. The summed E-state index contributed by atoms with van der Waals surface area (Å²) in [5.74, 6) is -0.0180. The molecule has 1 unspecified atom stereocenters. The average molecular weight is 264 g/mol. The minimum atomic E-state index is -0.468. The molecule has 1 atom stereocenters. The van der Waals surface area contributed by atoms with E-state index in [0.717, 1.165) is 19.4 Å². The molecule has 1 amide bonds. The highest BCUT2D eigenvalue weighted by molar-refractivity contribution is 6.30. The summed E-state index contributed by atoms with van der Waals surface area (Å²) in [7, 11) is 0. The quantitative estimate of drug-likeness (QED) is 0.486. The van der Waals surface area contributed by atoms with Crippen LogP contribution in [0, 0.1) is 0 Å². The maximum absolute atomic E-state index is 11.8. The van der Waals surface area contributed by atoms with Crippen molar-refractivity contribution >= 4 is 17.5 Å². The van der Waals surface area contributed by atoms with E-state index in [1.165, 1.54) is 19.3 Å². The summed E-state index contributed by atoms with van der Waals surface area (Å²) in [6.07, 6.45) is 6.54. The second-order valence-electron chi connectivity index (χ2n) is 4.43. The summed E-state index contributed by atoms with van der Waals surface area (Å²) >= 11 is 5.81. The predicted molar refractivity (Wildman–Crippen MR) is 72.4 cm³/mol. The molecule has 0 radical (unpaired) electrons. The van der Waals surface area contributed by atoms with Gasteiger partial charge < -0.3 is 10.0 Å². The van der Waals surface area contributed by atoms with E-state index in [4.69, 9.17) is 16.7 Å². The van der Waals surface area contributed by atoms with Gasteiger partial charge in [0.05, 0.1) is 0 Å². The first-order chi connectivity index (χ1) is 8.13. The third kappa shape index (κ3) is 8.44. The summed E-state index contributed by atoms with van der Waals surface area (Å²) in [4.78, 5) is 13.6. The van der Waals surface area contributed by atoms with Crippen molar-refractivity contribution in [2.75, 3.05) is 19.7 Å². The number of rotatable bonds is 10. The Morgan fingerprint density at radius 1 is 1.18 bits per heavy atom. The first-order valence-corrected chi connectivity index (χ1v) is 7.10. The molecule has 1 N–H and O–H groups in total. The zero-order valence-electron chi connectivity index (χ0n) is 11.1. The van der Waals surface area contributed by atoms with Crippen LogP contribution in [0.4, 0.5) is 0 Å². The minimum absolute atomic E-state index is 0.0180. The van der Waals surface area contributed by atoms with Crippen LogP contribution < -0.4 is 0 Å². The number of unbranched alkanes of at least 4 members (excludes halogenated alkanes) is 4. The van der Waals surface area contributed by atoms with E-state index >= 15 is 0 Å². The molecule has 0 aliphatic rings. The van der Waals surface area contributed by atoms with E-state index in [0.29, 0.717) is 13.0 Å². The van der Waals surface area contributed by atoms with Crippen molar-refractivity contribution in [3.63, 3.8) is 0 Å². The van der Waals surface area contributed by atoms with Gasteiger partial charge in [-0.15, -0.1) is 11.6 Å². The Labute approximate surface area is 110 Å². The van der Waals surface area contributed by atoms with Crippen molar-refractivity contribution in [3.05, 3.63) is 0 Å². The maximum atomic E-state index is 11.8. The molecule has 0 rings (SSSR count). The van der Waals surface area contributed by atoms with Gasteiger partial charge in [0.2, 0.25) is 5.91 Å². The van der Waals surface area contributed by atoms with Gasteiger partial charge in [-0.2, -0.15) is 0 Å². The van der Waals surface area contributed by atoms with Crippen LogP contribution in [-0.4, -0.2) is 41.0 Å². The highest BCUT2D eigenvalue weighted by Gasteiger charge is 2.17. The summed E-state index contributed by atoms with van der Waals surface area (Å²) in [5, 5.41) is 8.34. The van der Waals surface area contributed by atoms with Crippen LogP contribution in [0.5, 0.6) is 0 Å². The summed E-state index contributed by atoms with van der Waals surface area (Å²) in [6.45, 7) is 5.38. The molecule has 0 fully saturated rings. The topological polar surface area (TPSA) is 40.5 Å². The highest BCUT2D eigenvalue weighted by atomic mass is 35.5. The Balaban J connectivity index is 3.89. The number of carbonyl (C=O) groups is 1. The van der Waals surface area contributed by atoms with Crippen LogP contribution in [0.1, 0.15) is 52.4 Å². The zero-order valence-corrected chi connectivity index (χ0v) is 11.9. The van der Waals surface area contributed by atoms with Gasteiger partial charge in [0.1, 0.15) is 5.38 Å². The second kappa shape index (κ2) is 10.8. The molecule has 0 aromatic carbocycles. The van der Waals surface area contributed by atoms with E-state index in [9.17, 15) is 4.79 Å². The second-order valence-corrected chi connectivity index (χ2v) is 5.09. The lowest BCUT2D eigenvalue weighted by Crippen LogP contribution is -2.37. The normalized spacial score (nSPS) is 12.5. The number of hydrogen-bond acceptors (Lipinski definition) is 2. The number of nitrogens with zero attached hydrogens (tertiary/aromatic N) is 1.